The quantitative estimate of drug-likeness (QED) is 0.836. The summed E-state index contributed by atoms with van der Waals surface area (Å²) in [6.45, 7) is 5.20. The molecule has 0 unspecified atom stereocenters. The van der Waals surface area contributed by atoms with Crippen LogP contribution in [0.25, 0.3) is 0 Å². The van der Waals surface area contributed by atoms with Gasteiger partial charge in [-0.25, -0.2) is 0 Å². The SMILES string of the molecule is c1ccc(N2CCN(Cc3cnccn3)CC2)cc1. The van der Waals surface area contributed by atoms with Crippen molar-refractivity contribution in [2.24, 2.45) is 0 Å². The Hall–Kier alpha value is -1.94. The number of para-hydroxylation sites is 1. The van der Waals surface area contributed by atoms with E-state index in [1.807, 2.05) is 6.20 Å². The van der Waals surface area contributed by atoms with Crippen molar-refractivity contribution in [1.82, 2.24) is 14.9 Å². The molecule has 3 rings (SSSR count). The first kappa shape index (κ1) is 12.1. The molecule has 1 saturated heterocycles. The van der Waals surface area contributed by atoms with E-state index in [1.54, 1.807) is 12.4 Å². The summed E-state index contributed by atoms with van der Waals surface area (Å²) in [5.74, 6) is 0. The van der Waals surface area contributed by atoms with E-state index in [0.29, 0.717) is 0 Å². The number of anilines is 1. The van der Waals surface area contributed by atoms with E-state index in [1.165, 1.54) is 5.69 Å². The van der Waals surface area contributed by atoms with Gasteiger partial charge in [0.1, 0.15) is 0 Å². The summed E-state index contributed by atoms with van der Waals surface area (Å²) in [6.07, 6.45) is 5.33. The van der Waals surface area contributed by atoms with Crippen LogP contribution in [0.1, 0.15) is 5.69 Å². The second-order valence-electron chi connectivity index (χ2n) is 4.80. The predicted octanol–water partition coefficient (Wildman–Crippen LogP) is 1.80. The van der Waals surface area contributed by atoms with Crippen LogP contribution in [-0.4, -0.2) is 41.0 Å². The molecular formula is C15H18N4. The highest BCUT2D eigenvalue weighted by atomic mass is 15.3. The standard InChI is InChI=1S/C15H18N4/c1-2-4-15(5-3-1)19-10-8-18(9-11-19)13-14-12-16-6-7-17-14/h1-7,12H,8-11,13H2. The highest BCUT2D eigenvalue weighted by Gasteiger charge is 2.17. The van der Waals surface area contributed by atoms with Gasteiger partial charge in [-0.3, -0.25) is 14.9 Å². The molecule has 0 atom stereocenters. The average Bonchev–Trinajstić information content (AvgIpc) is 2.50. The smallest absolute Gasteiger partial charge is 0.0726 e. The van der Waals surface area contributed by atoms with Gasteiger partial charge in [0.2, 0.25) is 0 Å². The van der Waals surface area contributed by atoms with E-state index in [-0.39, 0.29) is 0 Å². The summed E-state index contributed by atoms with van der Waals surface area (Å²) in [7, 11) is 0. The maximum Gasteiger partial charge on any atom is 0.0726 e. The van der Waals surface area contributed by atoms with Crippen LogP contribution in [0.2, 0.25) is 0 Å². The van der Waals surface area contributed by atoms with Gasteiger partial charge in [0.05, 0.1) is 5.69 Å². The third-order valence-electron chi connectivity index (χ3n) is 3.50. The fraction of sp³-hybridized carbons (Fsp3) is 0.333. The zero-order valence-electron chi connectivity index (χ0n) is 10.9. The maximum atomic E-state index is 4.33. The van der Waals surface area contributed by atoms with E-state index in [4.69, 9.17) is 0 Å². The molecule has 1 fully saturated rings. The number of benzene rings is 1. The zero-order valence-corrected chi connectivity index (χ0v) is 10.9. The largest absolute Gasteiger partial charge is 0.369 e. The zero-order chi connectivity index (χ0) is 12.9. The van der Waals surface area contributed by atoms with Crippen LogP contribution in [0, 0.1) is 0 Å². The minimum absolute atomic E-state index is 0.899. The van der Waals surface area contributed by atoms with Gasteiger partial charge >= 0.3 is 0 Å². The van der Waals surface area contributed by atoms with Crippen LogP contribution in [-0.2, 0) is 6.54 Å². The summed E-state index contributed by atoms with van der Waals surface area (Å²) in [5, 5.41) is 0. The van der Waals surface area contributed by atoms with Gasteiger partial charge in [-0.15, -0.1) is 0 Å². The molecule has 4 nitrogen and oxygen atoms in total. The Morgan fingerprint density at radius 2 is 1.74 bits per heavy atom. The van der Waals surface area contributed by atoms with Crippen LogP contribution in [0.4, 0.5) is 5.69 Å². The lowest BCUT2D eigenvalue weighted by molar-refractivity contribution is 0.247. The normalized spacial score (nSPS) is 16.5. The Morgan fingerprint density at radius 3 is 2.42 bits per heavy atom. The van der Waals surface area contributed by atoms with Crippen molar-refractivity contribution in [3.63, 3.8) is 0 Å². The Labute approximate surface area is 113 Å². The molecule has 4 heteroatoms. The van der Waals surface area contributed by atoms with Crippen molar-refractivity contribution in [2.45, 2.75) is 6.54 Å². The Morgan fingerprint density at radius 1 is 0.947 bits per heavy atom. The number of nitrogens with zero attached hydrogens (tertiary/aromatic N) is 4. The minimum Gasteiger partial charge on any atom is -0.369 e. The van der Waals surface area contributed by atoms with E-state index >= 15 is 0 Å². The van der Waals surface area contributed by atoms with E-state index in [9.17, 15) is 0 Å². The van der Waals surface area contributed by atoms with E-state index < -0.39 is 0 Å². The number of piperazine rings is 1. The topological polar surface area (TPSA) is 32.3 Å². The Bertz CT molecular complexity index is 492. The first-order valence-corrected chi connectivity index (χ1v) is 6.69. The summed E-state index contributed by atoms with van der Waals surface area (Å²) in [4.78, 5) is 13.3. The molecule has 1 aromatic carbocycles. The molecule has 1 aliphatic rings. The number of rotatable bonds is 3. The average molecular weight is 254 g/mol. The van der Waals surface area contributed by atoms with Gasteiger partial charge < -0.3 is 4.90 Å². The van der Waals surface area contributed by atoms with Crippen molar-refractivity contribution in [2.75, 3.05) is 31.1 Å². The molecule has 0 amide bonds. The minimum atomic E-state index is 0.899. The number of hydrogen-bond donors (Lipinski definition) is 0. The van der Waals surface area contributed by atoms with Crippen molar-refractivity contribution < 1.29 is 0 Å². The summed E-state index contributed by atoms with van der Waals surface area (Å²) in [6, 6.07) is 10.6. The third kappa shape index (κ3) is 3.09. The van der Waals surface area contributed by atoms with Crippen molar-refractivity contribution in [3.8, 4) is 0 Å². The van der Waals surface area contributed by atoms with Crippen LogP contribution < -0.4 is 4.90 Å². The second-order valence-corrected chi connectivity index (χ2v) is 4.80. The molecule has 0 bridgehead atoms. The van der Waals surface area contributed by atoms with E-state index in [2.05, 4.69) is 50.1 Å². The van der Waals surface area contributed by atoms with Crippen LogP contribution in [0.5, 0.6) is 0 Å². The van der Waals surface area contributed by atoms with Gasteiger partial charge in [-0.2, -0.15) is 0 Å². The first-order valence-electron chi connectivity index (χ1n) is 6.69. The molecule has 98 valence electrons. The fourth-order valence-corrected chi connectivity index (χ4v) is 2.44. The predicted molar refractivity (Wildman–Crippen MR) is 76.0 cm³/mol. The molecule has 2 aromatic rings. The fourth-order valence-electron chi connectivity index (χ4n) is 2.44. The van der Waals surface area contributed by atoms with Crippen LogP contribution in [0.15, 0.2) is 48.9 Å². The molecule has 19 heavy (non-hydrogen) atoms. The highest BCUT2D eigenvalue weighted by Crippen LogP contribution is 2.16. The Balaban J connectivity index is 1.55. The molecular weight excluding hydrogens is 236 g/mol. The molecule has 2 heterocycles. The van der Waals surface area contributed by atoms with Crippen molar-refractivity contribution in [1.29, 1.82) is 0 Å². The molecule has 1 aliphatic heterocycles. The Kier molecular flexibility index (Phi) is 3.70. The van der Waals surface area contributed by atoms with Gasteiger partial charge in [0, 0.05) is 57.0 Å². The van der Waals surface area contributed by atoms with Gasteiger partial charge in [0.15, 0.2) is 0 Å². The van der Waals surface area contributed by atoms with Gasteiger partial charge in [-0.1, -0.05) is 18.2 Å². The number of hydrogen-bond acceptors (Lipinski definition) is 4. The third-order valence-corrected chi connectivity index (χ3v) is 3.50. The first-order chi connectivity index (χ1) is 9.42. The lowest BCUT2D eigenvalue weighted by Crippen LogP contribution is -2.46. The molecule has 0 N–H and O–H groups in total. The molecule has 1 aromatic heterocycles. The van der Waals surface area contributed by atoms with Crippen LogP contribution in [0.3, 0.4) is 0 Å². The lowest BCUT2D eigenvalue weighted by Gasteiger charge is -2.35. The highest BCUT2D eigenvalue weighted by molar-refractivity contribution is 5.46. The van der Waals surface area contributed by atoms with Crippen molar-refractivity contribution >= 4 is 5.69 Å². The summed E-state index contributed by atoms with van der Waals surface area (Å²) >= 11 is 0. The van der Waals surface area contributed by atoms with Crippen molar-refractivity contribution in [3.05, 3.63) is 54.6 Å². The van der Waals surface area contributed by atoms with E-state index in [0.717, 1.165) is 38.4 Å². The number of aromatic nitrogens is 2. The molecule has 0 saturated carbocycles. The molecule has 0 aliphatic carbocycles. The van der Waals surface area contributed by atoms with Gasteiger partial charge in [0.25, 0.3) is 0 Å². The summed E-state index contributed by atoms with van der Waals surface area (Å²) < 4.78 is 0. The monoisotopic (exact) mass is 254 g/mol. The lowest BCUT2D eigenvalue weighted by atomic mass is 10.2. The maximum absolute atomic E-state index is 4.33. The van der Waals surface area contributed by atoms with Crippen LogP contribution >= 0.6 is 0 Å². The summed E-state index contributed by atoms with van der Waals surface area (Å²) in [5.41, 5.74) is 2.37. The van der Waals surface area contributed by atoms with Gasteiger partial charge in [-0.05, 0) is 12.1 Å². The molecule has 0 radical (unpaired) electrons. The molecule has 0 spiro atoms. The second kappa shape index (κ2) is 5.80.